The van der Waals surface area contributed by atoms with Gasteiger partial charge in [-0.25, -0.2) is 0 Å². The van der Waals surface area contributed by atoms with Gasteiger partial charge in [0.1, 0.15) is 0 Å². The van der Waals surface area contributed by atoms with Crippen molar-refractivity contribution in [2.24, 2.45) is 5.73 Å². The van der Waals surface area contributed by atoms with E-state index in [-0.39, 0.29) is 17.0 Å². The second-order valence-corrected chi connectivity index (χ2v) is 5.41. The zero-order valence-corrected chi connectivity index (χ0v) is 10.1. The largest absolute Gasteiger partial charge is 0.378 e. The molecule has 3 N–H and O–H groups in total. The minimum Gasteiger partial charge on any atom is -0.378 e. The molecule has 1 amide bonds. The second-order valence-electron chi connectivity index (χ2n) is 5.41. The molecule has 4 heteroatoms. The molecule has 16 heavy (non-hydrogen) atoms. The molecular formula is C12H22N2O2. The fourth-order valence-electron chi connectivity index (χ4n) is 2.46. The zero-order valence-electron chi connectivity index (χ0n) is 10.1. The summed E-state index contributed by atoms with van der Waals surface area (Å²) in [6.07, 6.45) is 6.91. The predicted octanol–water partition coefficient (Wildman–Crippen LogP) is 0.943. The molecule has 0 radical (unpaired) electrons. The van der Waals surface area contributed by atoms with Gasteiger partial charge in [0.05, 0.1) is 12.0 Å². The summed E-state index contributed by atoms with van der Waals surface area (Å²) in [6, 6.07) is 0. The standard InChI is InChI=1S/C12H22N2O2/c1-16-12(6-3-7-12)8-10(15)14-9-11(13)4-2-5-11/h2-9,13H2,1H3,(H,14,15). The van der Waals surface area contributed by atoms with Crippen LogP contribution in [0.25, 0.3) is 0 Å². The van der Waals surface area contributed by atoms with Crippen LogP contribution in [0.15, 0.2) is 0 Å². The summed E-state index contributed by atoms with van der Waals surface area (Å²) in [7, 11) is 1.70. The van der Waals surface area contributed by atoms with Crippen LogP contribution in [0.1, 0.15) is 44.9 Å². The lowest BCUT2D eigenvalue weighted by Gasteiger charge is -2.41. The van der Waals surface area contributed by atoms with E-state index >= 15 is 0 Å². The third-order valence-electron chi connectivity index (χ3n) is 4.17. The first kappa shape index (κ1) is 11.9. The molecule has 0 aromatic rings. The van der Waals surface area contributed by atoms with Crippen LogP contribution in [0.4, 0.5) is 0 Å². The number of nitrogens with two attached hydrogens (primary N) is 1. The van der Waals surface area contributed by atoms with Gasteiger partial charge in [0, 0.05) is 19.2 Å². The fraction of sp³-hybridized carbons (Fsp3) is 0.917. The average Bonchev–Trinajstić information content (AvgIpc) is 2.18. The number of carbonyl (C=O) groups excluding carboxylic acids is 1. The Labute approximate surface area is 96.9 Å². The highest BCUT2D eigenvalue weighted by molar-refractivity contribution is 5.77. The first-order chi connectivity index (χ1) is 7.58. The Hall–Kier alpha value is -0.610. The van der Waals surface area contributed by atoms with Crippen LogP contribution in [0, 0.1) is 0 Å². The van der Waals surface area contributed by atoms with Crippen molar-refractivity contribution >= 4 is 5.91 Å². The van der Waals surface area contributed by atoms with Gasteiger partial charge in [0.2, 0.25) is 5.91 Å². The molecule has 2 aliphatic rings. The van der Waals surface area contributed by atoms with E-state index in [1.807, 2.05) is 0 Å². The summed E-state index contributed by atoms with van der Waals surface area (Å²) in [5, 5.41) is 2.94. The maximum absolute atomic E-state index is 11.8. The predicted molar refractivity (Wildman–Crippen MR) is 62.0 cm³/mol. The van der Waals surface area contributed by atoms with Gasteiger partial charge in [-0.15, -0.1) is 0 Å². The number of carbonyl (C=O) groups is 1. The van der Waals surface area contributed by atoms with Gasteiger partial charge in [0.25, 0.3) is 0 Å². The lowest BCUT2D eigenvalue weighted by atomic mass is 9.76. The highest BCUT2D eigenvalue weighted by atomic mass is 16.5. The fourth-order valence-corrected chi connectivity index (χ4v) is 2.46. The van der Waals surface area contributed by atoms with E-state index in [9.17, 15) is 4.79 Å². The third kappa shape index (κ3) is 2.38. The number of rotatable bonds is 5. The van der Waals surface area contributed by atoms with E-state index in [2.05, 4.69) is 5.32 Å². The Morgan fingerprint density at radius 2 is 1.94 bits per heavy atom. The Bertz CT molecular complexity index is 265. The van der Waals surface area contributed by atoms with E-state index in [0.717, 1.165) is 25.7 Å². The highest BCUT2D eigenvalue weighted by Gasteiger charge is 2.39. The molecule has 0 aliphatic heterocycles. The molecule has 2 saturated carbocycles. The summed E-state index contributed by atoms with van der Waals surface area (Å²) in [4.78, 5) is 11.8. The van der Waals surface area contributed by atoms with Crippen molar-refractivity contribution in [2.45, 2.75) is 56.1 Å². The second kappa shape index (κ2) is 4.34. The monoisotopic (exact) mass is 226 g/mol. The molecule has 0 heterocycles. The Kier molecular flexibility index (Phi) is 3.22. The molecule has 2 fully saturated rings. The molecule has 0 atom stereocenters. The highest BCUT2D eigenvalue weighted by Crippen LogP contribution is 2.38. The molecule has 4 nitrogen and oxygen atoms in total. The van der Waals surface area contributed by atoms with Crippen LogP contribution >= 0.6 is 0 Å². The summed E-state index contributed by atoms with van der Waals surface area (Å²) < 4.78 is 5.42. The molecule has 2 rings (SSSR count). The van der Waals surface area contributed by atoms with Crippen molar-refractivity contribution < 1.29 is 9.53 Å². The number of methoxy groups -OCH3 is 1. The first-order valence-electron chi connectivity index (χ1n) is 6.18. The van der Waals surface area contributed by atoms with Gasteiger partial charge in [-0.2, -0.15) is 0 Å². The van der Waals surface area contributed by atoms with E-state index in [1.54, 1.807) is 7.11 Å². The Morgan fingerprint density at radius 3 is 2.31 bits per heavy atom. The van der Waals surface area contributed by atoms with Crippen LogP contribution < -0.4 is 11.1 Å². The third-order valence-corrected chi connectivity index (χ3v) is 4.17. The van der Waals surface area contributed by atoms with Crippen molar-refractivity contribution in [1.29, 1.82) is 0 Å². The van der Waals surface area contributed by atoms with Crippen LogP contribution in [0.3, 0.4) is 0 Å². The lowest BCUT2D eigenvalue weighted by molar-refractivity contribution is -0.134. The van der Waals surface area contributed by atoms with Crippen molar-refractivity contribution in [3.63, 3.8) is 0 Å². The van der Waals surface area contributed by atoms with Crippen molar-refractivity contribution in [3.05, 3.63) is 0 Å². The minimum atomic E-state index is -0.175. The molecule has 0 saturated heterocycles. The van der Waals surface area contributed by atoms with E-state index in [1.165, 1.54) is 12.8 Å². The van der Waals surface area contributed by atoms with Crippen LogP contribution in [-0.4, -0.2) is 30.7 Å². The van der Waals surface area contributed by atoms with Crippen LogP contribution in [-0.2, 0) is 9.53 Å². The molecule has 0 bridgehead atoms. The van der Waals surface area contributed by atoms with E-state index in [4.69, 9.17) is 10.5 Å². The molecule has 0 aromatic carbocycles. The molecule has 0 aromatic heterocycles. The smallest absolute Gasteiger partial charge is 0.222 e. The molecule has 2 aliphatic carbocycles. The quantitative estimate of drug-likeness (QED) is 0.733. The average molecular weight is 226 g/mol. The molecule has 0 spiro atoms. The first-order valence-corrected chi connectivity index (χ1v) is 6.18. The Morgan fingerprint density at radius 1 is 1.31 bits per heavy atom. The number of nitrogens with one attached hydrogen (secondary N) is 1. The van der Waals surface area contributed by atoms with Gasteiger partial charge in [-0.3, -0.25) is 4.79 Å². The summed E-state index contributed by atoms with van der Waals surface area (Å²) >= 11 is 0. The maximum atomic E-state index is 11.8. The van der Waals surface area contributed by atoms with E-state index in [0.29, 0.717) is 13.0 Å². The molecule has 0 unspecified atom stereocenters. The van der Waals surface area contributed by atoms with Gasteiger partial charge in [-0.05, 0) is 38.5 Å². The number of ether oxygens (including phenoxy) is 1. The minimum absolute atomic E-state index is 0.0817. The van der Waals surface area contributed by atoms with Crippen molar-refractivity contribution in [3.8, 4) is 0 Å². The zero-order chi connectivity index (χ0) is 11.6. The molecule has 92 valence electrons. The Balaban J connectivity index is 1.71. The van der Waals surface area contributed by atoms with Crippen LogP contribution in [0.2, 0.25) is 0 Å². The van der Waals surface area contributed by atoms with Gasteiger partial charge < -0.3 is 15.8 Å². The van der Waals surface area contributed by atoms with E-state index < -0.39 is 0 Å². The lowest BCUT2D eigenvalue weighted by Crippen LogP contribution is -2.55. The van der Waals surface area contributed by atoms with Crippen molar-refractivity contribution in [1.82, 2.24) is 5.32 Å². The van der Waals surface area contributed by atoms with Gasteiger partial charge in [0.15, 0.2) is 0 Å². The number of hydrogen-bond acceptors (Lipinski definition) is 3. The van der Waals surface area contributed by atoms with Crippen LogP contribution in [0.5, 0.6) is 0 Å². The maximum Gasteiger partial charge on any atom is 0.222 e. The van der Waals surface area contributed by atoms with Crippen molar-refractivity contribution in [2.75, 3.05) is 13.7 Å². The summed E-state index contributed by atoms with van der Waals surface area (Å²) in [6.45, 7) is 0.617. The normalized spacial score (nSPS) is 25.4. The molecular weight excluding hydrogens is 204 g/mol. The number of hydrogen-bond donors (Lipinski definition) is 2. The summed E-state index contributed by atoms with van der Waals surface area (Å²) in [5.74, 6) is 0.0817. The summed E-state index contributed by atoms with van der Waals surface area (Å²) in [5.41, 5.74) is 5.74. The van der Waals surface area contributed by atoms with Gasteiger partial charge in [-0.1, -0.05) is 0 Å². The van der Waals surface area contributed by atoms with Gasteiger partial charge >= 0.3 is 0 Å². The number of amides is 1. The SMILES string of the molecule is COC1(CC(=O)NCC2(N)CCC2)CCC1. The topological polar surface area (TPSA) is 64.3 Å².